The fourth-order valence-electron chi connectivity index (χ4n) is 3.82. The number of rotatable bonds is 6. The predicted octanol–water partition coefficient (Wildman–Crippen LogP) is 4.27. The minimum absolute atomic E-state index is 0.112. The Morgan fingerprint density at radius 1 is 1.06 bits per heavy atom. The van der Waals surface area contributed by atoms with E-state index < -0.39 is 6.10 Å². The van der Waals surface area contributed by atoms with Gasteiger partial charge in [0.25, 0.3) is 11.8 Å². The Kier molecular flexibility index (Phi) is 6.49. The number of ether oxygens (including phenoxy) is 3. The molecule has 7 heteroatoms. The molecular formula is C26H26N2O5. The Morgan fingerprint density at radius 3 is 2.67 bits per heavy atom. The second kappa shape index (κ2) is 9.65. The molecule has 3 aromatic rings. The lowest BCUT2D eigenvalue weighted by atomic mass is 10.1. The highest BCUT2D eigenvalue weighted by atomic mass is 16.5. The minimum atomic E-state index is -0.627. The zero-order valence-corrected chi connectivity index (χ0v) is 18.8. The van der Waals surface area contributed by atoms with Gasteiger partial charge in [-0.25, -0.2) is 0 Å². The molecule has 0 saturated carbocycles. The molecule has 1 aliphatic heterocycles. The summed E-state index contributed by atoms with van der Waals surface area (Å²) in [6.07, 6.45) is -0.627. The van der Waals surface area contributed by atoms with Gasteiger partial charge in [-0.2, -0.15) is 0 Å². The van der Waals surface area contributed by atoms with Crippen molar-refractivity contribution < 1.29 is 23.8 Å². The van der Waals surface area contributed by atoms with Gasteiger partial charge in [0.05, 0.1) is 14.2 Å². The lowest BCUT2D eigenvalue weighted by molar-refractivity contribution is -0.138. The highest BCUT2D eigenvalue weighted by molar-refractivity contribution is 6.04. The second-order valence-corrected chi connectivity index (χ2v) is 7.77. The molecule has 0 spiro atoms. The molecule has 0 aromatic heterocycles. The van der Waals surface area contributed by atoms with Crippen molar-refractivity contribution in [2.45, 2.75) is 26.1 Å². The van der Waals surface area contributed by atoms with Crippen molar-refractivity contribution in [1.82, 2.24) is 4.90 Å². The summed E-state index contributed by atoms with van der Waals surface area (Å²) < 4.78 is 16.6. The number of nitrogens with zero attached hydrogens (tertiary/aromatic N) is 1. The van der Waals surface area contributed by atoms with E-state index in [-0.39, 0.29) is 11.8 Å². The van der Waals surface area contributed by atoms with Crippen LogP contribution in [0.25, 0.3) is 0 Å². The van der Waals surface area contributed by atoms with Crippen LogP contribution < -0.4 is 19.5 Å². The molecule has 4 rings (SSSR count). The molecular weight excluding hydrogens is 420 g/mol. The topological polar surface area (TPSA) is 77.1 Å². The van der Waals surface area contributed by atoms with Crippen molar-refractivity contribution in [3.05, 3.63) is 83.4 Å². The summed E-state index contributed by atoms with van der Waals surface area (Å²) >= 11 is 0. The number of carbonyl (C=O) groups is 2. The molecule has 170 valence electrons. The van der Waals surface area contributed by atoms with Crippen LogP contribution in [-0.4, -0.2) is 37.0 Å². The maximum Gasteiger partial charge on any atom is 0.263 e. The monoisotopic (exact) mass is 446 g/mol. The molecule has 0 bridgehead atoms. The van der Waals surface area contributed by atoms with Crippen LogP contribution in [0, 0.1) is 0 Å². The number of hydrogen-bond donors (Lipinski definition) is 1. The highest BCUT2D eigenvalue weighted by Gasteiger charge is 2.28. The molecule has 0 aliphatic carbocycles. The number of benzene rings is 3. The Bertz CT molecular complexity index is 1180. The third kappa shape index (κ3) is 4.92. The lowest BCUT2D eigenvalue weighted by Crippen LogP contribution is -2.37. The Balaban J connectivity index is 1.57. The average molecular weight is 447 g/mol. The van der Waals surface area contributed by atoms with Crippen LogP contribution in [0.3, 0.4) is 0 Å². The second-order valence-electron chi connectivity index (χ2n) is 7.77. The molecule has 1 aliphatic rings. The van der Waals surface area contributed by atoms with Crippen molar-refractivity contribution in [1.29, 1.82) is 0 Å². The van der Waals surface area contributed by atoms with Crippen LogP contribution in [-0.2, 0) is 17.9 Å². The molecule has 0 radical (unpaired) electrons. The van der Waals surface area contributed by atoms with Crippen molar-refractivity contribution in [2.24, 2.45) is 0 Å². The number of methoxy groups -OCH3 is 2. The van der Waals surface area contributed by atoms with E-state index in [1.807, 2.05) is 30.3 Å². The summed E-state index contributed by atoms with van der Waals surface area (Å²) in [5.41, 5.74) is 2.82. The largest absolute Gasteiger partial charge is 0.497 e. The number of hydrogen-bond acceptors (Lipinski definition) is 5. The Hall–Kier alpha value is -4.00. The maximum absolute atomic E-state index is 13.0. The Labute approximate surface area is 192 Å². The van der Waals surface area contributed by atoms with E-state index in [0.717, 1.165) is 16.9 Å². The van der Waals surface area contributed by atoms with Crippen LogP contribution in [0.5, 0.6) is 17.2 Å². The van der Waals surface area contributed by atoms with Gasteiger partial charge < -0.3 is 24.4 Å². The predicted molar refractivity (Wildman–Crippen MR) is 125 cm³/mol. The van der Waals surface area contributed by atoms with Crippen molar-refractivity contribution in [2.75, 3.05) is 19.5 Å². The Morgan fingerprint density at radius 2 is 1.88 bits per heavy atom. The first-order chi connectivity index (χ1) is 16.0. The fraction of sp³-hybridized carbons (Fsp3) is 0.231. The number of nitrogens with one attached hydrogen (secondary N) is 1. The highest BCUT2D eigenvalue weighted by Crippen LogP contribution is 2.30. The quantitative estimate of drug-likeness (QED) is 0.612. The number of fused-ring (bicyclic) bond motifs is 1. The first-order valence-electron chi connectivity index (χ1n) is 10.6. The van der Waals surface area contributed by atoms with E-state index in [1.54, 1.807) is 62.4 Å². The van der Waals surface area contributed by atoms with E-state index in [4.69, 9.17) is 14.2 Å². The summed E-state index contributed by atoms with van der Waals surface area (Å²) in [6.45, 7) is 2.47. The van der Waals surface area contributed by atoms with Gasteiger partial charge in [-0.15, -0.1) is 0 Å². The maximum atomic E-state index is 13.0. The molecule has 0 fully saturated rings. The van der Waals surface area contributed by atoms with Gasteiger partial charge in [-0.3, -0.25) is 9.59 Å². The van der Waals surface area contributed by atoms with Crippen LogP contribution in [0.15, 0.2) is 66.7 Å². The normalized spacial score (nSPS) is 15.2. The molecule has 33 heavy (non-hydrogen) atoms. The fourth-order valence-corrected chi connectivity index (χ4v) is 3.82. The lowest BCUT2D eigenvalue weighted by Gasteiger charge is -2.23. The van der Waals surface area contributed by atoms with E-state index in [9.17, 15) is 9.59 Å². The number of amides is 2. The summed E-state index contributed by atoms with van der Waals surface area (Å²) in [5, 5.41) is 2.91. The molecule has 0 saturated heterocycles. The molecule has 1 N–H and O–H groups in total. The molecule has 1 heterocycles. The van der Waals surface area contributed by atoms with Crippen LogP contribution in [0.4, 0.5) is 5.69 Å². The van der Waals surface area contributed by atoms with Crippen molar-refractivity contribution >= 4 is 17.5 Å². The van der Waals surface area contributed by atoms with Crippen LogP contribution in [0.1, 0.15) is 28.4 Å². The number of carbonyl (C=O) groups excluding carboxylic acids is 2. The van der Waals surface area contributed by atoms with Crippen molar-refractivity contribution in [3.8, 4) is 17.2 Å². The van der Waals surface area contributed by atoms with E-state index >= 15 is 0 Å². The first kappa shape index (κ1) is 22.2. The minimum Gasteiger partial charge on any atom is -0.497 e. The molecule has 7 nitrogen and oxygen atoms in total. The summed E-state index contributed by atoms with van der Waals surface area (Å²) in [7, 11) is 3.17. The third-order valence-electron chi connectivity index (χ3n) is 5.53. The molecule has 2 amide bonds. The average Bonchev–Trinajstić information content (AvgIpc) is 2.95. The van der Waals surface area contributed by atoms with Crippen molar-refractivity contribution in [3.63, 3.8) is 0 Å². The first-order valence-corrected chi connectivity index (χ1v) is 10.6. The molecule has 3 aromatic carbocycles. The van der Waals surface area contributed by atoms with Gasteiger partial charge in [0.15, 0.2) is 6.10 Å². The van der Waals surface area contributed by atoms with Crippen LogP contribution in [0.2, 0.25) is 0 Å². The zero-order chi connectivity index (χ0) is 23.4. The van der Waals surface area contributed by atoms with E-state index in [2.05, 4.69) is 5.32 Å². The van der Waals surface area contributed by atoms with Gasteiger partial charge in [0.2, 0.25) is 0 Å². The van der Waals surface area contributed by atoms with E-state index in [1.165, 1.54) is 0 Å². The van der Waals surface area contributed by atoms with Gasteiger partial charge >= 0.3 is 0 Å². The van der Waals surface area contributed by atoms with Crippen LogP contribution >= 0.6 is 0 Å². The third-order valence-corrected chi connectivity index (χ3v) is 5.53. The number of anilines is 1. The smallest absolute Gasteiger partial charge is 0.263 e. The van der Waals surface area contributed by atoms with Gasteiger partial charge in [-0.05, 0) is 49.4 Å². The molecule has 1 unspecified atom stereocenters. The number of para-hydroxylation sites is 1. The van der Waals surface area contributed by atoms with Gasteiger partial charge in [0, 0.05) is 35.5 Å². The summed E-state index contributed by atoms with van der Waals surface area (Å²) in [4.78, 5) is 27.5. The standard InChI is InChI=1S/C26H26N2O5/c1-17-26(30)28(15-19-7-4-5-10-23(19)32-3)16-20-13-21(11-12-24(20)33-17)27-25(29)18-8-6-9-22(14-18)31-2/h4-14,17H,15-16H2,1-3H3,(H,27,29). The summed E-state index contributed by atoms with van der Waals surface area (Å²) in [5.74, 6) is 1.59. The van der Waals surface area contributed by atoms with Gasteiger partial charge in [-0.1, -0.05) is 24.3 Å². The summed E-state index contributed by atoms with van der Waals surface area (Å²) in [6, 6.07) is 20.0. The molecule has 1 atom stereocenters. The zero-order valence-electron chi connectivity index (χ0n) is 18.8. The SMILES string of the molecule is COc1cccc(C(=O)Nc2ccc3c(c2)CN(Cc2ccccc2OC)C(=O)C(C)O3)c1. The van der Waals surface area contributed by atoms with E-state index in [0.29, 0.717) is 35.8 Å². The van der Waals surface area contributed by atoms with Gasteiger partial charge in [0.1, 0.15) is 17.2 Å².